The van der Waals surface area contributed by atoms with Gasteiger partial charge in [-0.3, -0.25) is 9.11 Å². The molecule has 1 aliphatic rings. The van der Waals surface area contributed by atoms with Crippen LogP contribution in [0, 0.1) is 0 Å². The molecule has 0 aliphatic heterocycles. The van der Waals surface area contributed by atoms with E-state index in [9.17, 15) is 16.8 Å². The Morgan fingerprint density at radius 3 is 2.07 bits per heavy atom. The normalized spacial score (nSPS) is 27.5. The summed E-state index contributed by atoms with van der Waals surface area (Å²) in [6.07, 6.45) is 2.12. The summed E-state index contributed by atoms with van der Waals surface area (Å²) in [6.45, 7) is 0. The molecule has 4 N–H and O–H groups in total. The molecule has 0 heterocycles. The van der Waals surface area contributed by atoms with E-state index < -0.39 is 36.4 Å². The largest absolute Gasteiger partial charge is 0.307 e. The van der Waals surface area contributed by atoms with Crippen LogP contribution in [0.15, 0.2) is 23.1 Å². The van der Waals surface area contributed by atoms with Gasteiger partial charge in [0.1, 0.15) is 0 Å². The molecule has 9 heteroatoms. The highest BCUT2D eigenvalue weighted by Crippen LogP contribution is 2.25. The lowest BCUT2D eigenvalue weighted by atomic mass is 10.1. The van der Waals surface area contributed by atoms with Crippen LogP contribution in [0.4, 0.5) is 0 Å². The van der Waals surface area contributed by atoms with Gasteiger partial charge in [0.2, 0.25) is 0 Å². The number of rotatable bonds is 2. The molecular formula is C6H9NO6S2. The second-order valence-corrected chi connectivity index (χ2v) is 6.18. The van der Waals surface area contributed by atoms with Crippen molar-refractivity contribution in [1.82, 2.24) is 0 Å². The Morgan fingerprint density at radius 2 is 1.80 bits per heavy atom. The SMILES string of the molecule is NC1(S(=O)(=O)O)C=CC(S(=O)(=O)O)=CC1. The minimum atomic E-state index is -4.52. The van der Waals surface area contributed by atoms with Crippen molar-refractivity contribution in [2.24, 2.45) is 5.73 Å². The molecule has 0 fully saturated rings. The first-order chi connectivity index (χ1) is 6.56. The first-order valence-corrected chi connectivity index (χ1v) is 6.57. The summed E-state index contributed by atoms with van der Waals surface area (Å²) >= 11 is 0. The molecule has 7 nitrogen and oxygen atoms in total. The standard InChI is InChI=1S/C6H9NO6S2/c7-6(15(11,12)13)3-1-5(2-4-6)14(8,9)10/h1-3H,4,7H2,(H,8,9,10)(H,11,12,13). The molecule has 0 spiro atoms. The Balaban J connectivity index is 3.10. The number of hydrogen-bond acceptors (Lipinski definition) is 5. The molecule has 1 atom stereocenters. The Kier molecular flexibility index (Phi) is 2.78. The maximum Gasteiger partial charge on any atom is 0.294 e. The van der Waals surface area contributed by atoms with Crippen molar-refractivity contribution in [2.75, 3.05) is 0 Å². The van der Waals surface area contributed by atoms with E-state index in [4.69, 9.17) is 14.8 Å². The number of nitrogens with two attached hydrogens (primary N) is 1. The smallest absolute Gasteiger partial charge is 0.294 e. The highest BCUT2D eigenvalue weighted by molar-refractivity contribution is 7.90. The monoisotopic (exact) mass is 255 g/mol. The molecular weight excluding hydrogens is 246 g/mol. The van der Waals surface area contributed by atoms with Crippen LogP contribution in [0.5, 0.6) is 0 Å². The van der Waals surface area contributed by atoms with Crippen LogP contribution in [0.2, 0.25) is 0 Å². The number of hydrogen-bond donors (Lipinski definition) is 3. The lowest BCUT2D eigenvalue weighted by Gasteiger charge is -2.23. The molecule has 0 aromatic heterocycles. The molecule has 1 rings (SSSR count). The molecule has 0 aromatic rings. The maximum absolute atomic E-state index is 10.8. The summed E-state index contributed by atoms with van der Waals surface area (Å²) in [5, 5.41) is 0. The van der Waals surface area contributed by atoms with Gasteiger partial charge in [0.05, 0.1) is 4.91 Å². The third kappa shape index (κ3) is 2.44. The van der Waals surface area contributed by atoms with Gasteiger partial charge in [-0.1, -0.05) is 6.08 Å². The molecule has 86 valence electrons. The fourth-order valence-electron chi connectivity index (χ4n) is 1.00. The van der Waals surface area contributed by atoms with Gasteiger partial charge < -0.3 is 5.73 Å². The van der Waals surface area contributed by atoms with Crippen molar-refractivity contribution in [3.8, 4) is 0 Å². The fourth-order valence-corrected chi connectivity index (χ4v) is 2.07. The highest BCUT2D eigenvalue weighted by Gasteiger charge is 2.37. The summed E-state index contributed by atoms with van der Waals surface area (Å²) in [5.41, 5.74) is 5.30. The minimum absolute atomic E-state index is 0.433. The zero-order chi connectivity index (χ0) is 11.9. The van der Waals surface area contributed by atoms with E-state index in [-0.39, 0.29) is 0 Å². The van der Waals surface area contributed by atoms with E-state index in [0.717, 1.165) is 18.2 Å². The van der Waals surface area contributed by atoms with Crippen LogP contribution < -0.4 is 5.73 Å². The summed E-state index contributed by atoms with van der Waals surface area (Å²) in [6, 6.07) is 0. The molecule has 0 saturated carbocycles. The molecule has 0 radical (unpaired) electrons. The molecule has 0 saturated heterocycles. The molecule has 0 bridgehead atoms. The van der Waals surface area contributed by atoms with Gasteiger partial charge in [-0.25, -0.2) is 0 Å². The van der Waals surface area contributed by atoms with E-state index in [1.807, 2.05) is 0 Å². The van der Waals surface area contributed by atoms with Gasteiger partial charge in [-0.05, 0) is 12.2 Å². The van der Waals surface area contributed by atoms with Crippen molar-refractivity contribution < 1.29 is 25.9 Å². The fraction of sp³-hybridized carbons (Fsp3) is 0.333. The van der Waals surface area contributed by atoms with Gasteiger partial charge in [0.25, 0.3) is 20.2 Å². The van der Waals surface area contributed by atoms with Crippen LogP contribution in [-0.2, 0) is 20.2 Å². The van der Waals surface area contributed by atoms with Gasteiger partial charge >= 0.3 is 0 Å². The van der Waals surface area contributed by atoms with Gasteiger partial charge in [0.15, 0.2) is 4.87 Å². The Hall–Kier alpha value is -0.740. The van der Waals surface area contributed by atoms with Gasteiger partial charge in [0, 0.05) is 6.42 Å². The zero-order valence-electron chi connectivity index (χ0n) is 7.36. The summed E-state index contributed by atoms with van der Waals surface area (Å²) in [7, 11) is -8.90. The van der Waals surface area contributed by atoms with E-state index in [1.165, 1.54) is 0 Å². The molecule has 1 aliphatic carbocycles. The van der Waals surface area contributed by atoms with E-state index >= 15 is 0 Å². The van der Waals surface area contributed by atoms with Crippen molar-refractivity contribution in [1.29, 1.82) is 0 Å². The summed E-state index contributed by atoms with van der Waals surface area (Å²) in [5.74, 6) is 0. The average molecular weight is 255 g/mol. The topological polar surface area (TPSA) is 135 Å². The average Bonchev–Trinajstić information content (AvgIpc) is 2.01. The molecule has 1 unspecified atom stereocenters. The second kappa shape index (κ2) is 3.39. The highest BCUT2D eigenvalue weighted by atomic mass is 32.2. The van der Waals surface area contributed by atoms with Crippen LogP contribution in [0.3, 0.4) is 0 Å². The molecule has 15 heavy (non-hydrogen) atoms. The maximum atomic E-state index is 10.8. The third-order valence-corrected chi connectivity index (χ3v) is 4.09. The van der Waals surface area contributed by atoms with E-state index in [1.54, 1.807) is 0 Å². The van der Waals surface area contributed by atoms with Gasteiger partial charge in [-0.2, -0.15) is 16.8 Å². The Bertz CT molecular complexity index is 528. The van der Waals surface area contributed by atoms with Crippen molar-refractivity contribution in [2.45, 2.75) is 11.3 Å². The summed E-state index contributed by atoms with van der Waals surface area (Å²) < 4.78 is 60.2. The Morgan fingerprint density at radius 1 is 1.27 bits per heavy atom. The lowest BCUT2D eigenvalue weighted by Crippen LogP contribution is -2.46. The summed E-state index contributed by atoms with van der Waals surface area (Å²) in [4.78, 5) is -2.49. The van der Waals surface area contributed by atoms with Crippen molar-refractivity contribution >= 4 is 20.2 Å². The predicted molar refractivity (Wildman–Crippen MR) is 51.9 cm³/mol. The Labute approximate surface area is 86.8 Å². The van der Waals surface area contributed by atoms with Crippen LogP contribution in [0.1, 0.15) is 6.42 Å². The van der Waals surface area contributed by atoms with E-state index in [2.05, 4.69) is 0 Å². The third-order valence-electron chi connectivity index (χ3n) is 1.93. The quantitative estimate of drug-likeness (QED) is 0.553. The zero-order valence-corrected chi connectivity index (χ0v) is 8.99. The van der Waals surface area contributed by atoms with Gasteiger partial charge in [-0.15, -0.1) is 0 Å². The van der Waals surface area contributed by atoms with E-state index in [0.29, 0.717) is 0 Å². The van der Waals surface area contributed by atoms with Crippen LogP contribution in [-0.4, -0.2) is 30.8 Å². The number of allylic oxidation sites excluding steroid dienone is 1. The van der Waals surface area contributed by atoms with Crippen LogP contribution >= 0.6 is 0 Å². The minimum Gasteiger partial charge on any atom is -0.307 e. The van der Waals surface area contributed by atoms with Crippen molar-refractivity contribution in [3.63, 3.8) is 0 Å². The van der Waals surface area contributed by atoms with Crippen LogP contribution in [0.25, 0.3) is 0 Å². The molecule has 0 aromatic carbocycles. The lowest BCUT2D eigenvalue weighted by molar-refractivity contribution is 0.446. The van der Waals surface area contributed by atoms with Crippen molar-refractivity contribution in [3.05, 3.63) is 23.1 Å². The predicted octanol–water partition coefficient (Wildman–Crippen LogP) is -0.739. The second-order valence-electron chi connectivity index (χ2n) is 3.05. The molecule has 0 amide bonds. The first-order valence-electron chi connectivity index (χ1n) is 3.69. The first kappa shape index (κ1) is 12.3.